The first-order valence-electron chi connectivity index (χ1n) is 11.3. The maximum Gasteiger partial charge on any atom is 0.259 e. The number of nitrogens with zero attached hydrogens (tertiary/aromatic N) is 5. The summed E-state index contributed by atoms with van der Waals surface area (Å²) in [5.41, 5.74) is 1.34. The van der Waals surface area contributed by atoms with Crippen LogP contribution >= 0.6 is 11.3 Å². The minimum Gasteiger partial charge on any atom is -0.356 e. The summed E-state index contributed by atoms with van der Waals surface area (Å²) in [6.07, 6.45) is 3.22. The van der Waals surface area contributed by atoms with Crippen LogP contribution in [0, 0.1) is 5.92 Å². The Morgan fingerprint density at radius 3 is 2.65 bits per heavy atom. The average molecular weight is 483 g/mol. The summed E-state index contributed by atoms with van der Waals surface area (Å²) in [5.74, 6) is 0.163. The fourth-order valence-electron chi connectivity index (χ4n) is 3.99. The molecule has 1 aliphatic rings. The van der Waals surface area contributed by atoms with Crippen LogP contribution in [0.25, 0.3) is 5.65 Å². The average Bonchev–Trinajstić information content (AvgIpc) is 3.27. The third-order valence-electron chi connectivity index (χ3n) is 5.94. The molecule has 1 saturated heterocycles. The molecule has 1 fully saturated rings. The van der Waals surface area contributed by atoms with Crippen LogP contribution in [0.5, 0.6) is 0 Å². The minimum atomic E-state index is -0.313. The van der Waals surface area contributed by atoms with E-state index in [1.54, 1.807) is 37.3 Å². The second-order valence-corrected chi connectivity index (χ2v) is 10.7. The quantitative estimate of drug-likeness (QED) is 0.614. The van der Waals surface area contributed by atoms with Gasteiger partial charge in [0.15, 0.2) is 5.13 Å². The third-order valence-corrected chi connectivity index (χ3v) is 6.70. The number of piperidine rings is 1. The van der Waals surface area contributed by atoms with Crippen LogP contribution in [0.4, 0.5) is 10.9 Å². The number of hydrogen-bond acceptors (Lipinski definition) is 7. The predicted octanol–water partition coefficient (Wildman–Crippen LogP) is 3.01. The fourth-order valence-corrected chi connectivity index (χ4v) is 4.92. The summed E-state index contributed by atoms with van der Waals surface area (Å²) in [6, 6.07) is 4.68. The maximum atomic E-state index is 12.9. The molecule has 2 amide bonds. The SMILES string of the molecule is CN(C)C(=O)C1CCCN(c2cc(=O)n3ccc(C(=O)Nc4nc(C(C)(C)C)cs4)cc3n2)C1. The van der Waals surface area contributed by atoms with Gasteiger partial charge in [-0.25, -0.2) is 9.97 Å². The van der Waals surface area contributed by atoms with Crippen molar-refractivity contribution in [2.75, 3.05) is 37.4 Å². The van der Waals surface area contributed by atoms with E-state index in [2.05, 4.69) is 36.1 Å². The van der Waals surface area contributed by atoms with Crippen LogP contribution in [0.1, 0.15) is 49.7 Å². The van der Waals surface area contributed by atoms with Crippen LogP contribution in [0.3, 0.4) is 0 Å². The lowest BCUT2D eigenvalue weighted by Gasteiger charge is -2.33. The Morgan fingerprint density at radius 1 is 1.21 bits per heavy atom. The van der Waals surface area contributed by atoms with E-state index in [0.29, 0.717) is 28.7 Å². The van der Waals surface area contributed by atoms with Gasteiger partial charge in [0.05, 0.1) is 11.6 Å². The van der Waals surface area contributed by atoms with Crippen molar-refractivity contribution in [2.45, 2.75) is 39.0 Å². The Balaban J connectivity index is 1.58. The third kappa shape index (κ3) is 4.96. The zero-order valence-electron chi connectivity index (χ0n) is 20.2. The standard InChI is InChI=1S/C24H30N6O3S/c1-24(2,3)17-14-34-23(25-17)27-21(32)15-8-10-30-19(11-15)26-18(12-20(30)31)29-9-6-7-16(13-29)22(33)28(4)5/h8,10-12,14,16H,6-7,9,13H2,1-5H3,(H,25,27,32). The number of amides is 2. The molecule has 3 aromatic rings. The van der Waals surface area contributed by atoms with Gasteiger partial charge < -0.3 is 9.80 Å². The van der Waals surface area contributed by atoms with Gasteiger partial charge in [-0.1, -0.05) is 20.8 Å². The van der Waals surface area contributed by atoms with Gasteiger partial charge in [-0.05, 0) is 25.0 Å². The summed E-state index contributed by atoms with van der Waals surface area (Å²) < 4.78 is 1.41. The van der Waals surface area contributed by atoms with Crippen molar-refractivity contribution >= 4 is 39.7 Å². The highest BCUT2D eigenvalue weighted by molar-refractivity contribution is 7.14. The molecule has 0 aliphatic carbocycles. The van der Waals surface area contributed by atoms with Crippen molar-refractivity contribution in [2.24, 2.45) is 5.92 Å². The molecular formula is C24H30N6O3S. The number of hydrogen-bond donors (Lipinski definition) is 1. The first kappa shape index (κ1) is 23.9. The van der Waals surface area contributed by atoms with E-state index < -0.39 is 0 Å². The minimum absolute atomic E-state index is 0.0815. The summed E-state index contributed by atoms with van der Waals surface area (Å²) in [4.78, 5) is 50.8. The lowest BCUT2D eigenvalue weighted by atomic mass is 9.93. The van der Waals surface area contributed by atoms with Crippen molar-refractivity contribution < 1.29 is 9.59 Å². The van der Waals surface area contributed by atoms with E-state index in [0.717, 1.165) is 25.1 Å². The van der Waals surface area contributed by atoms with Crippen molar-refractivity contribution in [3.05, 3.63) is 51.4 Å². The molecule has 0 saturated carbocycles. The highest BCUT2D eigenvalue weighted by atomic mass is 32.1. The van der Waals surface area contributed by atoms with Crippen molar-refractivity contribution in [1.82, 2.24) is 19.3 Å². The van der Waals surface area contributed by atoms with Crippen LogP contribution in [0.15, 0.2) is 34.6 Å². The molecule has 3 aromatic heterocycles. The highest BCUT2D eigenvalue weighted by Crippen LogP contribution is 2.27. The van der Waals surface area contributed by atoms with Gasteiger partial charge >= 0.3 is 0 Å². The van der Waals surface area contributed by atoms with E-state index in [4.69, 9.17) is 0 Å². The Hall–Kier alpha value is -3.27. The van der Waals surface area contributed by atoms with E-state index in [9.17, 15) is 14.4 Å². The number of carbonyl (C=O) groups excluding carboxylic acids is 2. The number of anilines is 2. The highest BCUT2D eigenvalue weighted by Gasteiger charge is 2.28. The molecule has 1 atom stereocenters. The lowest BCUT2D eigenvalue weighted by molar-refractivity contribution is -0.133. The second-order valence-electron chi connectivity index (χ2n) is 9.86. The summed E-state index contributed by atoms with van der Waals surface area (Å²) in [6.45, 7) is 7.44. The number of thiazole rings is 1. The van der Waals surface area contributed by atoms with Gasteiger partial charge in [0.25, 0.3) is 11.5 Å². The molecule has 34 heavy (non-hydrogen) atoms. The Labute approximate surface area is 202 Å². The van der Waals surface area contributed by atoms with Crippen molar-refractivity contribution in [3.63, 3.8) is 0 Å². The molecule has 1 unspecified atom stereocenters. The van der Waals surface area contributed by atoms with Crippen LogP contribution in [0.2, 0.25) is 0 Å². The number of aromatic nitrogens is 3. The van der Waals surface area contributed by atoms with Gasteiger partial charge in [0.1, 0.15) is 11.5 Å². The topological polar surface area (TPSA) is 99.9 Å². The monoisotopic (exact) mass is 482 g/mol. The number of nitrogens with one attached hydrogen (secondary N) is 1. The molecule has 9 nitrogen and oxygen atoms in total. The maximum absolute atomic E-state index is 12.9. The van der Waals surface area contributed by atoms with E-state index in [1.165, 1.54) is 21.8 Å². The molecule has 0 bridgehead atoms. The zero-order chi connectivity index (χ0) is 24.6. The first-order valence-corrected chi connectivity index (χ1v) is 12.2. The van der Waals surface area contributed by atoms with Crippen LogP contribution in [-0.2, 0) is 10.2 Å². The lowest BCUT2D eigenvalue weighted by Crippen LogP contribution is -2.43. The first-order chi connectivity index (χ1) is 16.0. The molecule has 0 aromatic carbocycles. The predicted molar refractivity (Wildman–Crippen MR) is 134 cm³/mol. The number of fused-ring (bicyclic) bond motifs is 1. The molecule has 180 valence electrons. The summed E-state index contributed by atoms with van der Waals surface area (Å²) in [7, 11) is 3.51. The summed E-state index contributed by atoms with van der Waals surface area (Å²) in [5, 5.41) is 5.31. The molecule has 0 spiro atoms. The largest absolute Gasteiger partial charge is 0.356 e. The van der Waals surface area contributed by atoms with Gasteiger partial charge in [0, 0.05) is 55.8 Å². The number of pyridine rings is 1. The van der Waals surface area contributed by atoms with Gasteiger partial charge in [-0.3, -0.25) is 24.1 Å². The van der Waals surface area contributed by atoms with Crippen molar-refractivity contribution in [3.8, 4) is 0 Å². The number of carbonyl (C=O) groups is 2. The Kier molecular flexibility index (Phi) is 6.44. The summed E-state index contributed by atoms with van der Waals surface area (Å²) >= 11 is 1.38. The van der Waals surface area contributed by atoms with Crippen molar-refractivity contribution in [1.29, 1.82) is 0 Å². The van der Waals surface area contributed by atoms with Crippen LogP contribution in [-0.4, -0.2) is 58.3 Å². The number of rotatable bonds is 4. The smallest absolute Gasteiger partial charge is 0.259 e. The molecule has 10 heteroatoms. The Bertz CT molecular complexity index is 1290. The molecule has 0 radical (unpaired) electrons. The van der Waals surface area contributed by atoms with E-state index in [-0.39, 0.29) is 28.7 Å². The molecular weight excluding hydrogens is 452 g/mol. The fraction of sp³-hybridized carbons (Fsp3) is 0.458. The van der Waals surface area contributed by atoms with E-state index in [1.807, 2.05) is 10.3 Å². The molecule has 1 N–H and O–H groups in total. The normalized spacial score (nSPS) is 16.5. The second kappa shape index (κ2) is 9.17. The zero-order valence-corrected chi connectivity index (χ0v) is 21.0. The van der Waals surface area contributed by atoms with Crippen LogP contribution < -0.4 is 15.8 Å². The van der Waals surface area contributed by atoms with Gasteiger partial charge in [0.2, 0.25) is 5.91 Å². The van der Waals surface area contributed by atoms with E-state index >= 15 is 0 Å². The van der Waals surface area contributed by atoms with Gasteiger partial charge in [-0.2, -0.15) is 0 Å². The molecule has 1 aliphatic heterocycles. The molecule has 4 rings (SSSR count). The van der Waals surface area contributed by atoms with Gasteiger partial charge in [-0.15, -0.1) is 11.3 Å². The molecule has 4 heterocycles. The Morgan fingerprint density at radius 2 is 1.97 bits per heavy atom.